The average Bonchev–Trinajstić information content (AvgIpc) is 2.15. The second kappa shape index (κ2) is 3.50. The normalized spacial score (nSPS) is 20.1. The molecule has 1 aliphatic rings. The molecule has 1 atom stereocenters. The number of aliphatic hydroxyl groups excluding tert-OH is 1. The lowest BCUT2D eigenvalue weighted by Crippen LogP contribution is -2.24. The maximum Gasteiger partial charge on any atom is 0.233 e. The van der Waals surface area contributed by atoms with Gasteiger partial charge in [0.05, 0.1) is 17.5 Å². The highest BCUT2D eigenvalue weighted by Crippen LogP contribution is 2.26. The maximum atomic E-state index is 11.3. The van der Waals surface area contributed by atoms with Crippen molar-refractivity contribution in [1.29, 1.82) is 0 Å². The molecule has 0 spiro atoms. The second-order valence-electron chi connectivity index (χ2n) is 3.76. The van der Waals surface area contributed by atoms with E-state index in [1.807, 2.05) is 12.1 Å². The monoisotopic (exact) mass is 227 g/mol. The van der Waals surface area contributed by atoms with Gasteiger partial charge in [-0.05, 0) is 30.5 Å². The topological polar surface area (TPSA) is 66.4 Å². The van der Waals surface area contributed by atoms with E-state index in [-0.39, 0.29) is 5.75 Å². The van der Waals surface area contributed by atoms with Crippen LogP contribution in [0.25, 0.3) is 0 Å². The molecule has 0 saturated heterocycles. The molecule has 82 valence electrons. The van der Waals surface area contributed by atoms with Crippen LogP contribution in [0.15, 0.2) is 18.2 Å². The van der Waals surface area contributed by atoms with Gasteiger partial charge < -0.3 is 5.11 Å². The molecule has 4 nitrogen and oxygen atoms in total. The molecule has 15 heavy (non-hydrogen) atoms. The highest BCUT2D eigenvalue weighted by molar-refractivity contribution is 7.92. The summed E-state index contributed by atoms with van der Waals surface area (Å²) in [6.45, 7) is 1.65. The minimum atomic E-state index is -3.17. The van der Waals surface area contributed by atoms with Crippen molar-refractivity contribution in [2.45, 2.75) is 19.4 Å². The molecule has 0 aliphatic carbocycles. The number of aryl methyl sites for hydroxylation is 1. The third kappa shape index (κ3) is 2.13. The van der Waals surface area contributed by atoms with Crippen LogP contribution in [0.3, 0.4) is 0 Å². The van der Waals surface area contributed by atoms with Gasteiger partial charge in [-0.2, -0.15) is 0 Å². The fourth-order valence-corrected chi connectivity index (χ4v) is 2.75. The molecule has 0 amide bonds. The molecule has 0 aromatic heterocycles. The summed E-state index contributed by atoms with van der Waals surface area (Å²) >= 11 is 0. The number of anilines is 1. The van der Waals surface area contributed by atoms with Crippen molar-refractivity contribution in [2.24, 2.45) is 0 Å². The maximum absolute atomic E-state index is 11.3. The third-order valence-corrected chi connectivity index (χ3v) is 3.79. The van der Waals surface area contributed by atoms with Crippen molar-refractivity contribution in [3.63, 3.8) is 0 Å². The number of aliphatic hydroxyl groups is 1. The molecule has 0 fully saturated rings. The van der Waals surface area contributed by atoms with Crippen LogP contribution in [0, 0.1) is 0 Å². The molecule has 1 unspecified atom stereocenters. The van der Waals surface area contributed by atoms with E-state index in [2.05, 4.69) is 4.72 Å². The zero-order chi connectivity index (χ0) is 11.1. The van der Waals surface area contributed by atoms with Gasteiger partial charge in [0.1, 0.15) is 0 Å². The Hall–Kier alpha value is -1.07. The van der Waals surface area contributed by atoms with Crippen molar-refractivity contribution in [2.75, 3.05) is 10.5 Å². The van der Waals surface area contributed by atoms with Crippen LogP contribution in [0.4, 0.5) is 5.69 Å². The molecule has 1 aromatic carbocycles. The lowest BCUT2D eigenvalue weighted by Gasteiger charge is -2.19. The average molecular weight is 227 g/mol. The Morgan fingerprint density at radius 2 is 2.20 bits per heavy atom. The third-order valence-electron chi connectivity index (χ3n) is 2.52. The standard InChI is InChI=1S/C10H13NO3S/c1-7(12)9-3-2-8-4-5-15(13,14)11-10(8)6-9/h2-3,6-7,11-12H,4-5H2,1H3. The number of hydrogen-bond donors (Lipinski definition) is 2. The van der Waals surface area contributed by atoms with Crippen LogP contribution in [0.1, 0.15) is 24.2 Å². The Balaban J connectivity index is 2.44. The number of nitrogens with one attached hydrogen (secondary N) is 1. The van der Waals surface area contributed by atoms with Crippen molar-refractivity contribution in [3.05, 3.63) is 29.3 Å². The largest absolute Gasteiger partial charge is 0.389 e. The number of rotatable bonds is 1. The molecule has 0 bridgehead atoms. The summed E-state index contributed by atoms with van der Waals surface area (Å²) in [5, 5.41) is 9.38. The van der Waals surface area contributed by atoms with Crippen molar-refractivity contribution in [3.8, 4) is 0 Å². The SMILES string of the molecule is CC(O)c1ccc2c(c1)NS(=O)(=O)CC2. The number of benzene rings is 1. The first-order valence-electron chi connectivity index (χ1n) is 4.79. The molecule has 2 N–H and O–H groups in total. The van der Waals surface area contributed by atoms with Gasteiger partial charge in [-0.25, -0.2) is 8.42 Å². The summed E-state index contributed by atoms with van der Waals surface area (Å²) < 4.78 is 25.1. The number of fused-ring (bicyclic) bond motifs is 1. The molecule has 1 heterocycles. The highest BCUT2D eigenvalue weighted by atomic mass is 32.2. The van der Waals surface area contributed by atoms with E-state index in [9.17, 15) is 13.5 Å². The van der Waals surface area contributed by atoms with Crippen molar-refractivity contribution in [1.82, 2.24) is 0 Å². The van der Waals surface area contributed by atoms with Crippen LogP contribution < -0.4 is 4.72 Å². The Morgan fingerprint density at radius 3 is 2.87 bits per heavy atom. The number of sulfonamides is 1. The van der Waals surface area contributed by atoms with E-state index in [1.54, 1.807) is 13.0 Å². The number of hydrogen-bond acceptors (Lipinski definition) is 3. The Kier molecular flexibility index (Phi) is 2.44. The quantitative estimate of drug-likeness (QED) is 0.753. The van der Waals surface area contributed by atoms with Gasteiger partial charge in [0.25, 0.3) is 0 Å². The molecule has 0 radical (unpaired) electrons. The summed E-state index contributed by atoms with van der Waals surface area (Å²) in [4.78, 5) is 0. The van der Waals surface area contributed by atoms with Gasteiger partial charge in [0, 0.05) is 0 Å². The fraction of sp³-hybridized carbons (Fsp3) is 0.400. The fourth-order valence-electron chi connectivity index (χ4n) is 1.63. The summed E-state index contributed by atoms with van der Waals surface area (Å²) in [6.07, 6.45) is -0.0492. The molecule has 5 heteroatoms. The van der Waals surface area contributed by atoms with E-state index in [0.717, 1.165) is 11.1 Å². The van der Waals surface area contributed by atoms with Crippen molar-refractivity contribution >= 4 is 15.7 Å². The summed E-state index contributed by atoms with van der Waals surface area (Å²) in [5.41, 5.74) is 2.30. The summed E-state index contributed by atoms with van der Waals surface area (Å²) in [5.74, 6) is 0.133. The first-order valence-corrected chi connectivity index (χ1v) is 6.44. The smallest absolute Gasteiger partial charge is 0.233 e. The molecule has 0 saturated carbocycles. The first-order chi connectivity index (χ1) is 6.98. The lowest BCUT2D eigenvalue weighted by molar-refractivity contribution is 0.199. The minimum absolute atomic E-state index is 0.133. The molecule has 1 aromatic rings. The zero-order valence-corrected chi connectivity index (χ0v) is 9.21. The summed E-state index contributed by atoms with van der Waals surface area (Å²) in [6, 6.07) is 5.37. The van der Waals surface area contributed by atoms with Gasteiger partial charge >= 0.3 is 0 Å². The van der Waals surface area contributed by atoms with Gasteiger partial charge in [-0.3, -0.25) is 4.72 Å². The minimum Gasteiger partial charge on any atom is -0.389 e. The zero-order valence-electron chi connectivity index (χ0n) is 8.40. The molecule has 1 aliphatic heterocycles. The molecule has 2 rings (SSSR count). The van der Waals surface area contributed by atoms with E-state index < -0.39 is 16.1 Å². The van der Waals surface area contributed by atoms with E-state index in [1.165, 1.54) is 0 Å². The van der Waals surface area contributed by atoms with Crippen LogP contribution in [-0.4, -0.2) is 19.3 Å². The van der Waals surface area contributed by atoms with Gasteiger partial charge in [0.2, 0.25) is 10.0 Å². The van der Waals surface area contributed by atoms with E-state index >= 15 is 0 Å². The van der Waals surface area contributed by atoms with Crippen LogP contribution in [0.5, 0.6) is 0 Å². The van der Waals surface area contributed by atoms with Gasteiger partial charge in [-0.1, -0.05) is 12.1 Å². The van der Waals surface area contributed by atoms with Gasteiger partial charge in [-0.15, -0.1) is 0 Å². The molecular formula is C10H13NO3S. The predicted molar refractivity (Wildman–Crippen MR) is 58.2 cm³/mol. The predicted octanol–water partition coefficient (Wildman–Crippen LogP) is 1.04. The first kappa shape index (κ1) is 10.4. The van der Waals surface area contributed by atoms with Crippen molar-refractivity contribution < 1.29 is 13.5 Å². The van der Waals surface area contributed by atoms with Gasteiger partial charge in [0.15, 0.2) is 0 Å². The summed E-state index contributed by atoms with van der Waals surface area (Å²) in [7, 11) is -3.17. The van der Waals surface area contributed by atoms with E-state index in [4.69, 9.17) is 0 Å². The highest BCUT2D eigenvalue weighted by Gasteiger charge is 2.20. The molecular weight excluding hydrogens is 214 g/mol. The van der Waals surface area contributed by atoms with Crippen LogP contribution in [-0.2, 0) is 16.4 Å². The van der Waals surface area contributed by atoms with E-state index in [0.29, 0.717) is 12.1 Å². The van der Waals surface area contributed by atoms with Crippen LogP contribution >= 0.6 is 0 Å². The lowest BCUT2D eigenvalue weighted by atomic mass is 10.0. The van der Waals surface area contributed by atoms with Crippen LogP contribution in [0.2, 0.25) is 0 Å². The second-order valence-corrected chi connectivity index (χ2v) is 5.61. The Morgan fingerprint density at radius 1 is 1.47 bits per heavy atom. The Labute approximate surface area is 89.0 Å². The Bertz CT molecular complexity index is 479.